The van der Waals surface area contributed by atoms with Crippen molar-refractivity contribution in [3.8, 4) is 0 Å². The highest BCUT2D eigenvalue weighted by Gasteiger charge is 2.30. The normalized spacial score (nSPS) is 22.4. The lowest BCUT2D eigenvalue weighted by atomic mass is 9.89. The first-order chi connectivity index (χ1) is 9.60. The fraction of sp³-hybridized carbons (Fsp3) is 0.867. The predicted octanol–water partition coefficient (Wildman–Crippen LogP) is 2.55. The molecule has 20 heavy (non-hydrogen) atoms. The summed E-state index contributed by atoms with van der Waals surface area (Å²) >= 11 is 0. The smallest absolute Gasteiger partial charge is 0.407 e. The maximum atomic E-state index is 12.1. The van der Waals surface area contributed by atoms with E-state index in [0.29, 0.717) is 18.9 Å². The van der Waals surface area contributed by atoms with Gasteiger partial charge in [-0.2, -0.15) is 0 Å². The van der Waals surface area contributed by atoms with Crippen molar-refractivity contribution in [3.05, 3.63) is 0 Å². The lowest BCUT2D eigenvalue weighted by Crippen LogP contribution is -2.52. The van der Waals surface area contributed by atoms with Crippen LogP contribution in [0.2, 0.25) is 0 Å². The number of nitrogens with one attached hydrogen (secondary N) is 1. The van der Waals surface area contributed by atoms with E-state index in [0.717, 1.165) is 32.2 Å². The van der Waals surface area contributed by atoms with Crippen molar-refractivity contribution in [1.82, 2.24) is 10.2 Å². The van der Waals surface area contributed by atoms with Crippen LogP contribution in [0.4, 0.5) is 4.79 Å². The van der Waals surface area contributed by atoms with Crippen LogP contribution in [-0.2, 0) is 9.53 Å². The SMILES string of the molecule is CCCCC1CC(NC(=O)OC)CN(C(=O)CCC)C1. The van der Waals surface area contributed by atoms with Crippen molar-refractivity contribution in [2.45, 2.75) is 58.4 Å². The molecule has 116 valence electrons. The molecule has 0 spiro atoms. The number of carbonyl (C=O) groups is 2. The summed E-state index contributed by atoms with van der Waals surface area (Å²) in [4.78, 5) is 25.4. The lowest BCUT2D eigenvalue weighted by molar-refractivity contribution is -0.133. The van der Waals surface area contributed by atoms with Crippen molar-refractivity contribution in [2.24, 2.45) is 5.92 Å². The molecule has 1 aliphatic heterocycles. The Morgan fingerprint density at radius 1 is 1.25 bits per heavy atom. The molecular weight excluding hydrogens is 256 g/mol. The van der Waals surface area contributed by atoms with Gasteiger partial charge in [0.15, 0.2) is 0 Å². The monoisotopic (exact) mass is 284 g/mol. The summed E-state index contributed by atoms with van der Waals surface area (Å²) in [6, 6.07) is 0.0128. The molecule has 2 unspecified atom stereocenters. The van der Waals surface area contributed by atoms with Crippen LogP contribution >= 0.6 is 0 Å². The maximum absolute atomic E-state index is 12.1. The highest BCUT2D eigenvalue weighted by Crippen LogP contribution is 2.23. The predicted molar refractivity (Wildman–Crippen MR) is 78.4 cm³/mol. The van der Waals surface area contributed by atoms with Gasteiger partial charge in [0.2, 0.25) is 5.91 Å². The first kappa shape index (κ1) is 16.8. The highest BCUT2D eigenvalue weighted by molar-refractivity contribution is 5.76. The van der Waals surface area contributed by atoms with Crippen LogP contribution in [0.25, 0.3) is 0 Å². The molecule has 1 aliphatic rings. The molecule has 1 saturated heterocycles. The van der Waals surface area contributed by atoms with Crippen molar-refractivity contribution in [2.75, 3.05) is 20.2 Å². The van der Waals surface area contributed by atoms with E-state index in [1.807, 2.05) is 11.8 Å². The third-order valence-electron chi connectivity index (χ3n) is 3.83. The molecule has 1 heterocycles. The summed E-state index contributed by atoms with van der Waals surface area (Å²) in [6.45, 7) is 5.63. The molecule has 0 aromatic rings. The third-order valence-corrected chi connectivity index (χ3v) is 3.83. The molecule has 5 nitrogen and oxygen atoms in total. The van der Waals surface area contributed by atoms with Gasteiger partial charge in [0.05, 0.1) is 13.2 Å². The first-order valence-corrected chi connectivity index (χ1v) is 7.72. The summed E-state index contributed by atoms with van der Waals surface area (Å²) in [5.74, 6) is 0.678. The zero-order valence-electron chi connectivity index (χ0n) is 13.0. The van der Waals surface area contributed by atoms with Crippen LogP contribution in [0.3, 0.4) is 0 Å². The van der Waals surface area contributed by atoms with Gasteiger partial charge in [-0.05, 0) is 25.2 Å². The number of unbranched alkanes of at least 4 members (excludes halogenated alkanes) is 1. The quantitative estimate of drug-likeness (QED) is 0.815. The van der Waals surface area contributed by atoms with Crippen LogP contribution in [0.15, 0.2) is 0 Å². The molecular formula is C15H28N2O3. The van der Waals surface area contributed by atoms with Gasteiger partial charge >= 0.3 is 6.09 Å². The second-order valence-electron chi connectivity index (χ2n) is 5.63. The van der Waals surface area contributed by atoms with Crippen LogP contribution in [-0.4, -0.2) is 43.1 Å². The largest absolute Gasteiger partial charge is 0.453 e. The Hall–Kier alpha value is -1.26. The molecule has 0 aliphatic carbocycles. The molecule has 2 atom stereocenters. The minimum absolute atomic E-state index is 0.0128. The Bertz CT molecular complexity index is 320. The van der Waals surface area contributed by atoms with E-state index in [-0.39, 0.29) is 11.9 Å². The molecule has 0 aromatic carbocycles. The van der Waals surface area contributed by atoms with Gasteiger partial charge in [0.1, 0.15) is 0 Å². The molecule has 5 heteroatoms. The Morgan fingerprint density at radius 2 is 2.00 bits per heavy atom. The number of hydrogen-bond donors (Lipinski definition) is 1. The van der Waals surface area contributed by atoms with E-state index in [9.17, 15) is 9.59 Å². The number of carbonyl (C=O) groups excluding carboxylic acids is 2. The topological polar surface area (TPSA) is 58.6 Å². The molecule has 0 saturated carbocycles. The van der Waals surface area contributed by atoms with Crippen LogP contribution in [0, 0.1) is 5.92 Å². The molecule has 0 aromatic heterocycles. The van der Waals surface area contributed by atoms with E-state index in [4.69, 9.17) is 0 Å². The fourth-order valence-electron chi connectivity index (χ4n) is 2.81. The number of nitrogens with zero attached hydrogens (tertiary/aromatic N) is 1. The maximum Gasteiger partial charge on any atom is 0.407 e. The zero-order valence-corrected chi connectivity index (χ0v) is 13.0. The number of piperidine rings is 1. The standard InChI is InChI=1S/C15H28N2O3/c1-4-6-8-12-9-13(16-15(19)20-3)11-17(10-12)14(18)7-5-2/h12-13H,4-11H2,1-3H3,(H,16,19). The highest BCUT2D eigenvalue weighted by atomic mass is 16.5. The molecule has 1 rings (SSSR count). The third kappa shape index (κ3) is 5.39. The average molecular weight is 284 g/mol. The van der Waals surface area contributed by atoms with Crippen molar-refractivity contribution < 1.29 is 14.3 Å². The minimum Gasteiger partial charge on any atom is -0.453 e. The Balaban J connectivity index is 2.61. The molecule has 2 amide bonds. The van der Waals surface area contributed by atoms with Crippen molar-refractivity contribution in [1.29, 1.82) is 0 Å². The van der Waals surface area contributed by atoms with Crippen LogP contribution in [0.1, 0.15) is 52.4 Å². The molecule has 0 bridgehead atoms. The number of likely N-dealkylation sites (tertiary alicyclic amines) is 1. The van der Waals surface area contributed by atoms with Crippen LogP contribution in [0.5, 0.6) is 0 Å². The Morgan fingerprint density at radius 3 is 2.60 bits per heavy atom. The summed E-state index contributed by atoms with van der Waals surface area (Å²) in [5.41, 5.74) is 0. The van der Waals surface area contributed by atoms with Crippen molar-refractivity contribution in [3.63, 3.8) is 0 Å². The fourth-order valence-corrected chi connectivity index (χ4v) is 2.81. The van der Waals surface area contributed by atoms with E-state index >= 15 is 0 Å². The number of alkyl carbamates (subject to hydrolysis) is 1. The summed E-state index contributed by atoms with van der Waals surface area (Å²) in [5, 5.41) is 2.85. The van der Waals surface area contributed by atoms with Crippen molar-refractivity contribution >= 4 is 12.0 Å². The number of rotatable bonds is 6. The summed E-state index contributed by atoms with van der Waals surface area (Å²) in [6.07, 6.45) is 5.43. The Kier molecular flexibility index (Phi) is 7.41. The van der Waals surface area contributed by atoms with E-state index < -0.39 is 6.09 Å². The number of methoxy groups -OCH3 is 1. The number of ether oxygens (including phenoxy) is 1. The second-order valence-corrected chi connectivity index (χ2v) is 5.63. The van der Waals surface area contributed by atoms with Gasteiger partial charge in [0, 0.05) is 19.5 Å². The van der Waals surface area contributed by atoms with Gasteiger partial charge in [-0.3, -0.25) is 4.79 Å². The zero-order chi connectivity index (χ0) is 15.0. The summed E-state index contributed by atoms with van der Waals surface area (Å²) < 4.78 is 4.66. The molecule has 0 radical (unpaired) electrons. The average Bonchev–Trinajstić information content (AvgIpc) is 2.45. The van der Waals surface area contributed by atoms with Crippen LogP contribution < -0.4 is 5.32 Å². The molecule has 1 N–H and O–H groups in total. The van der Waals surface area contributed by atoms with E-state index in [2.05, 4.69) is 17.0 Å². The molecule has 1 fully saturated rings. The van der Waals surface area contributed by atoms with Gasteiger partial charge in [-0.25, -0.2) is 4.79 Å². The first-order valence-electron chi connectivity index (χ1n) is 7.72. The minimum atomic E-state index is -0.408. The summed E-state index contributed by atoms with van der Waals surface area (Å²) in [7, 11) is 1.37. The van der Waals surface area contributed by atoms with Gasteiger partial charge in [0.25, 0.3) is 0 Å². The van der Waals surface area contributed by atoms with E-state index in [1.54, 1.807) is 0 Å². The van der Waals surface area contributed by atoms with Gasteiger partial charge in [-0.1, -0.05) is 26.7 Å². The lowest BCUT2D eigenvalue weighted by Gasteiger charge is -2.38. The number of hydrogen-bond acceptors (Lipinski definition) is 3. The second kappa shape index (κ2) is 8.82. The van der Waals surface area contributed by atoms with Gasteiger partial charge in [-0.15, -0.1) is 0 Å². The van der Waals surface area contributed by atoms with E-state index in [1.165, 1.54) is 13.5 Å². The number of amides is 2. The van der Waals surface area contributed by atoms with Gasteiger partial charge < -0.3 is 15.0 Å². The Labute approximate surface area is 122 Å².